The van der Waals surface area contributed by atoms with Gasteiger partial charge in [0.2, 0.25) is 0 Å². The summed E-state index contributed by atoms with van der Waals surface area (Å²) in [5.41, 5.74) is 2.23. The van der Waals surface area contributed by atoms with Gasteiger partial charge in [-0.2, -0.15) is 0 Å². The van der Waals surface area contributed by atoms with Crippen LogP contribution >= 0.6 is 34.3 Å². The van der Waals surface area contributed by atoms with Gasteiger partial charge >= 0.3 is 0 Å². The minimum Gasteiger partial charge on any atom is -0.236 e. The van der Waals surface area contributed by atoms with Crippen LogP contribution in [0.2, 0.25) is 5.02 Å². The van der Waals surface area contributed by atoms with Gasteiger partial charge in [0.25, 0.3) is 0 Å². The molecule has 0 amide bonds. The van der Waals surface area contributed by atoms with E-state index in [1.807, 2.05) is 18.2 Å². The SMILES string of the molecule is Clc1cccc2c1sc1cc3nc(-c4ccccc4)sc3cc12. The Balaban J connectivity index is 1.81. The molecule has 0 aliphatic carbocycles. The molecule has 2 heterocycles. The molecule has 0 saturated heterocycles. The van der Waals surface area contributed by atoms with Crippen molar-refractivity contribution >= 4 is 64.7 Å². The molecular weight excluding hydrogens is 342 g/mol. The first kappa shape index (κ1) is 13.5. The van der Waals surface area contributed by atoms with Crippen molar-refractivity contribution in [2.24, 2.45) is 0 Å². The molecule has 0 saturated carbocycles. The summed E-state index contributed by atoms with van der Waals surface area (Å²) in [4.78, 5) is 4.82. The number of hydrogen-bond donors (Lipinski definition) is 0. The van der Waals surface area contributed by atoms with Gasteiger partial charge in [0.05, 0.1) is 19.9 Å². The zero-order chi connectivity index (χ0) is 15.4. The van der Waals surface area contributed by atoms with Crippen molar-refractivity contribution in [3.63, 3.8) is 0 Å². The maximum atomic E-state index is 6.34. The van der Waals surface area contributed by atoms with E-state index in [1.54, 1.807) is 22.7 Å². The van der Waals surface area contributed by atoms with Gasteiger partial charge < -0.3 is 0 Å². The van der Waals surface area contributed by atoms with Gasteiger partial charge in [-0.25, -0.2) is 4.98 Å². The Morgan fingerprint density at radius 3 is 2.52 bits per heavy atom. The lowest BCUT2D eigenvalue weighted by Gasteiger charge is -1.93. The van der Waals surface area contributed by atoms with Crippen molar-refractivity contribution < 1.29 is 0 Å². The van der Waals surface area contributed by atoms with E-state index in [1.165, 1.54) is 25.7 Å². The molecule has 0 bridgehead atoms. The summed E-state index contributed by atoms with van der Waals surface area (Å²) in [5, 5.41) is 4.39. The maximum absolute atomic E-state index is 6.34. The van der Waals surface area contributed by atoms with E-state index in [0.29, 0.717) is 0 Å². The second-order valence-electron chi connectivity index (χ2n) is 5.42. The molecular formula is C19H10ClNS2. The zero-order valence-electron chi connectivity index (χ0n) is 11.9. The molecule has 23 heavy (non-hydrogen) atoms. The maximum Gasteiger partial charge on any atom is 0.124 e. The first-order valence-electron chi connectivity index (χ1n) is 7.26. The summed E-state index contributed by atoms with van der Waals surface area (Å²) in [5.74, 6) is 0. The number of fused-ring (bicyclic) bond motifs is 4. The molecule has 5 aromatic rings. The summed E-state index contributed by atoms with van der Waals surface area (Å²) >= 11 is 9.82. The third-order valence-corrected chi connectivity index (χ3v) is 6.68. The van der Waals surface area contributed by atoms with E-state index in [2.05, 4.69) is 42.5 Å². The second kappa shape index (κ2) is 5.03. The van der Waals surface area contributed by atoms with E-state index in [9.17, 15) is 0 Å². The lowest BCUT2D eigenvalue weighted by Crippen LogP contribution is -1.73. The number of rotatable bonds is 1. The van der Waals surface area contributed by atoms with Crippen LogP contribution in [0.5, 0.6) is 0 Å². The molecule has 3 aromatic carbocycles. The predicted octanol–water partition coefficient (Wildman–Crippen LogP) is 6.98. The monoisotopic (exact) mass is 351 g/mol. The van der Waals surface area contributed by atoms with Gasteiger partial charge in [-0.05, 0) is 18.2 Å². The summed E-state index contributed by atoms with van der Waals surface area (Å²) in [7, 11) is 0. The Morgan fingerprint density at radius 1 is 0.783 bits per heavy atom. The number of benzene rings is 3. The molecule has 0 atom stereocenters. The summed E-state index contributed by atoms with van der Waals surface area (Å²) in [6.07, 6.45) is 0. The van der Waals surface area contributed by atoms with Crippen molar-refractivity contribution in [2.45, 2.75) is 0 Å². The number of nitrogens with zero attached hydrogens (tertiary/aromatic N) is 1. The number of halogens is 1. The van der Waals surface area contributed by atoms with Crippen LogP contribution in [-0.4, -0.2) is 4.98 Å². The fourth-order valence-electron chi connectivity index (χ4n) is 2.89. The molecule has 4 heteroatoms. The smallest absolute Gasteiger partial charge is 0.124 e. The Kier molecular flexibility index (Phi) is 2.95. The van der Waals surface area contributed by atoms with Gasteiger partial charge in [-0.1, -0.05) is 54.1 Å². The molecule has 0 aliphatic rings. The highest BCUT2D eigenvalue weighted by atomic mass is 35.5. The average molecular weight is 352 g/mol. The Hall–Kier alpha value is -1.94. The molecule has 5 rings (SSSR count). The van der Waals surface area contributed by atoms with Crippen LogP contribution in [0, 0.1) is 0 Å². The highest BCUT2D eigenvalue weighted by Crippen LogP contribution is 2.41. The largest absolute Gasteiger partial charge is 0.236 e. The van der Waals surface area contributed by atoms with Crippen LogP contribution in [0.1, 0.15) is 0 Å². The van der Waals surface area contributed by atoms with Crippen LogP contribution in [0.25, 0.3) is 41.0 Å². The first-order chi connectivity index (χ1) is 11.3. The van der Waals surface area contributed by atoms with Crippen LogP contribution < -0.4 is 0 Å². The number of thiazole rings is 1. The average Bonchev–Trinajstić information content (AvgIpc) is 3.15. The summed E-state index contributed by atoms with van der Waals surface area (Å²) < 4.78 is 3.62. The molecule has 0 spiro atoms. The molecule has 110 valence electrons. The van der Waals surface area contributed by atoms with Crippen LogP contribution in [0.3, 0.4) is 0 Å². The highest BCUT2D eigenvalue weighted by molar-refractivity contribution is 7.27. The molecule has 0 radical (unpaired) electrons. The lowest BCUT2D eigenvalue weighted by molar-refractivity contribution is 1.48. The topological polar surface area (TPSA) is 12.9 Å². The van der Waals surface area contributed by atoms with Crippen LogP contribution in [-0.2, 0) is 0 Å². The van der Waals surface area contributed by atoms with Gasteiger partial charge in [0.15, 0.2) is 0 Å². The lowest BCUT2D eigenvalue weighted by atomic mass is 10.1. The van der Waals surface area contributed by atoms with Gasteiger partial charge in [-0.15, -0.1) is 22.7 Å². The van der Waals surface area contributed by atoms with E-state index in [-0.39, 0.29) is 0 Å². The summed E-state index contributed by atoms with van der Waals surface area (Å²) in [6.45, 7) is 0. The Morgan fingerprint density at radius 2 is 1.65 bits per heavy atom. The molecule has 2 aromatic heterocycles. The predicted molar refractivity (Wildman–Crippen MR) is 103 cm³/mol. The quantitative estimate of drug-likeness (QED) is 0.317. The third kappa shape index (κ3) is 2.08. The fraction of sp³-hybridized carbons (Fsp3) is 0. The summed E-state index contributed by atoms with van der Waals surface area (Å²) in [6, 6.07) is 20.9. The van der Waals surface area contributed by atoms with Crippen molar-refractivity contribution in [3.8, 4) is 10.6 Å². The van der Waals surface area contributed by atoms with E-state index in [4.69, 9.17) is 16.6 Å². The third-order valence-electron chi connectivity index (χ3n) is 3.98. The Bertz CT molecular complexity index is 1170. The van der Waals surface area contributed by atoms with Gasteiger partial charge in [-0.3, -0.25) is 0 Å². The normalized spacial score (nSPS) is 11.7. The van der Waals surface area contributed by atoms with Crippen LogP contribution in [0.15, 0.2) is 60.7 Å². The first-order valence-corrected chi connectivity index (χ1v) is 9.27. The van der Waals surface area contributed by atoms with Crippen molar-refractivity contribution in [1.82, 2.24) is 4.98 Å². The van der Waals surface area contributed by atoms with Crippen molar-refractivity contribution in [1.29, 1.82) is 0 Å². The number of hydrogen-bond acceptors (Lipinski definition) is 3. The molecule has 0 fully saturated rings. The Labute approximate surface area is 145 Å². The van der Waals surface area contributed by atoms with Crippen molar-refractivity contribution in [2.75, 3.05) is 0 Å². The van der Waals surface area contributed by atoms with Gasteiger partial charge in [0, 0.05) is 21.0 Å². The standard InChI is InChI=1S/C19H10ClNS2/c20-14-8-4-7-12-13-9-17-15(10-16(13)22-18(12)14)21-19(23-17)11-5-2-1-3-6-11/h1-10H. The van der Waals surface area contributed by atoms with E-state index < -0.39 is 0 Å². The van der Waals surface area contributed by atoms with E-state index in [0.717, 1.165) is 20.2 Å². The molecule has 0 aliphatic heterocycles. The van der Waals surface area contributed by atoms with E-state index >= 15 is 0 Å². The second-order valence-corrected chi connectivity index (χ2v) is 7.91. The number of aromatic nitrogens is 1. The fourth-order valence-corrected chi connectivity index (χ4v) is 5.29. The minimum atomic E-state index is 0.824. The molecule has 0 N–H and O–H groups in total. The highest BCUT2D eigenvalue weighted by Gasteiger charge is 2.12. The zero-order valence-corrected chi connectivity index (χ0v) is 14.3. The molecule has 0 unspecified atom stereocenters. The van der Waals surface area contributed by atoms with Crippen molar-refractivity contribution in [3.05, 3.63) is 65.7 Å². The molecule has 1 nitrogen and oxygen atoms in total. The minimum absolute atomic E-state index is 0.824. The number of thiophene rings is 1. The van der Waals surface area contributed by atoms with Gasteiger partial charge in [0.1, 0.15) is 5.01 Å². The van der Waals surface area contributed by atoms with Crippen LogP contribution in [0.4, 0.5) is 0 Å².